The van der Waals surface area contributed by atoms with E-state index in [0.29, 0.717) is 27.3 Å². The Morgan fingerprint density at radius 2 is 2.18 bits per heavy atom. The second-order valence-corrected chi connectivity index (χ2v) is 4.30. The smallest absolute Gasteiger partial charge is 0.281 e. The maximum atomic E-state index is 11.0. The fourth-order valence-corrected chi connectivity index (χ4v) is 1.99. The summed E-state index contributed by atoms with van der Waals surface area (Å²) in [4.78, 5) is 11.7. The molecule has 1 heterocycles. The Morgan fingerprint density at radius 1 is 1.41 bits per heavy atom. The number of anilines is 1. The Bertz CT molecular complexity index is 567. The van der Waals surface area contributed by atoms with E-state index < -0.39 is 5.91 Å². The van der Waals surface area contributed by atoms with Gasteiger partial charge in [-0.1, -0.05) is 0 Å². The average Bonchev–Trinajstić information content (AvgIpc) is 2.67. The molecular weight excluding hydrogens is 240 g/mol. The average molecular weight is 250 g/mol. The molecule has 0 aliphatic rings. The van der Waals surface area contributed by atoms with Gasteiger partial charge in [0.05, 0.1) is 0 Å². The van der Waals surface area contributed by atoms with Crippen molar-refractivity contribution in [1.29, 1.82) is 0 Å². The molecule has 6 nitrogen and oxygen atoms in total. The highest BCUT2D eigenvalue weighted by Gasteiger charge is 2.10. The normalized spacial score (nSPS) is 10.4. The second kappa shape index (κ2) is 4.46. The molecule has 0 saturated heterocycles. The lowest BCUT2D eigenvalue weighted by Crippen LogP contribution is -2.11. The number of aryl methyl sites for hydroxylation is 1. The van der Waals surface area contributed by atoms with Crippen LogP contribution in [0, 0.1) is 6.92 Å². The Labute approximate surface area is 101 Å². The Balaban J connectivity index is 2.31. The molecule has 2 aromatic rings. The first-order valence-corrected chi connectivity index (χ1v) is 5.55. The van der Waals surface area contributed by atoms with Crippen molar-refractivity contribution >= 4 is 23.4 Å². The molecule has 0 saturated carbocycles. The van der Waals surface area contributed by atoms with Gasteiger partial charge in [0, 0.05) is 23.1 Å². The summed E-state index contributed by atoms with van der Waals surface area (Å²) in [5.41, 5.74) is 11.9. The van der Waals surface area contributed by atoms with Crippen molar-refractivity contribution in [2.75, 3.05) is 5.73 Å². The molecule has 1 amide bonds. The quantitative estimate of drug-likeness (QED) is 0.792. The van der Waals surface area contributed by atoms with E-state index in [1.165, 1.54) is 11.8 Å². The minimum Gasteiger partial charge on any atom is -0.416 e. The van der Waals surface area contributed by atoms with Crippen molar-refractivity contribution < 1.29 is 9.21 Å². The first-order chi connectivity index (χ1) is 8.06. The lowest BCUT2D eigenvalue weighted by atomic mass is 10.2. The van der Waals surface area contributed by atoms with Crippen molar-refractivity contribution in [3.8, 4) is 0 Å². The van der Waals surface area contributed by atoms with E-state index in [-0.39, 0.29) is 0 Å². The van der Waals surface area contributed by atoms with Gasteiger partial charge in [-0.05, 0) is 30.0 Å². The van der Waals surface area contributed by atoms with Gasteiger partial charge in [-0.3, -0.25) is 4.79 Å². The molecule has 2 rings (SSSR count). The van der Waals surface area contributed by atoms with Crippen LogP contribution in [0.4, 0.5) is 5.69 Å². The SMILES string of the molecule is Cc1nnc(Sc2cc(C(N)=O)ccc2N)o1. The van der Waals surface area contributed by atoms with Gasteiger partial charge in [0.2, 0.25) is 11.8 Å². The Kier molecular flexibility index (Phi) is 3.01. The van der Waals surface area contributed by atoms with Crippen molar-refractivity contribution in [3.05, 3.63) is 29.7 Å². The Hall–Kier alpha value is -2.02. The van der Waals surface area contributed by atoms with E-state index in [2.05, 4.69) is 10.2 Å². The molecule has 0 fully saturated rings. The molecule has 0 spiro atoms. The summed E-state index contributed by atoms with van der Waals surface area (Å²) >= 11 is 1.19. The summed E-state index contributed by atoms with van der Waals surface area (Å²) in [6.45, 7) is 1.69. The summed E-state index contributed by atoms with van der Waals surface area (Å²) in [6.07, 6.45) is 0. The number of nitrogens with two attached hydrogens (primary N) is 2. The van der Waals surface area contributed by atoms with Crippen LogP contribution < -0.4 is 11.5 Å². The lowest BCUT2D eigenvalue weighted by Gasteiger charge is -2.03. The number of nitrogens with zero attached hydrogens (tertiary/aromatic N) is 2. The molecule has 88 valence electrons. The zero-order valence-corrected chi connectivity index (χ0v) is 9.82. The van der Waals surface area contributed by atoms with E-state index in [9.17, 15) is 4.79 Å². The number of carbonyl (C=O) groups excluding carboxylic acids is 1. The molecule has 0 aliphatic heterocycles. The number of hydrogen-bond acceptors (Lipinski definition) is 6. The van der Waals surface area contributed by atoms with Crippen LogP contribution in [0.3, 0.4) is 0 Å². The molecule has 0 aliphatic carbocycles. The summed E-state index contributed by atoms with van der Waals surface area (Å²) in [7, 11) is 0. The molecule has 7 heteroatoms. The predicted molar refractivity (Wildman–Crippen MR) is 62.5 cm³/mol. The fraction of sp³-hybridized carbons (Fsp3) is 0.100. The lowest BCUT2D eigenvalue weighted by molar-refractivity contribution is 0.1000. The van der Waals surface area contributed by atoms with Crippen LogP contribution >= 0.6 is 11.8 Å². The van der Waals surface area contributed by atoms with Crippen LogP contribution in [0.2, 0.25) is 0 Å². The van der Waals surface area contributed by atoms with E-state index in [0.717, 1.165) is 0 Å². The topological polar surface area (TPSA) is 108 Å². The minimum absolute atomic E-state index is 0.371. The third kappa shape index (κ3) is 2.56. The van der Waals surface area contributed by atoms with Gasteiger partial charge in [0.25, 0.3) is 5.22 Å². The second-order valence-electron chi connectivity index (χ2n) is 3.31. The number of amides is 1. The van der Waals surface area contributed by atoms with Crippen LogP contribution in [-0.2, 0) is 0 Å². The first kappa shape index (κ1) is 11.5. The van der Waals surface area contributed by atoms with Crippen LogP contribution in [0.25, 0.3) is 0 Å². The monoisotopic (exact) mass is 250 g/mol. The van der Waals surface area contributed by atoms with Crippen molar-refractivity contribution in [2.24, 2.45) is 5.73 Å². The van der Waals surface area contributed by atoms with Gasteiger partial charge in [-0.15, -0.1) is 10.2 Å². The van der Waals surface area contributed by atoms with E-state index in [1.54, 1.807) is 25.1 Å². The Morgan fingerprint density at radius 3 is 2.76 bits per heavy atom. The maximum absolute atomic E-state index is 11.0. The summed E-state index contributed by atoms with van der Waals surface area (Å²) in [6, 6.07) is 4.79. The zero-order valence-electron chi connectivity index (χ0n) is 9.01. The number of benzene rings is 1. The minimum atomic E-state index is -0.506. The molecule has 1 aromatic carbocycles. The van der Waals surface area contributed by atoms with Gasteiger partial charge in [-0.2, -0.15) is 0 Å². The van der Waals surface area contributed by atoms with Gasteiger partial charge in [-0.25, -0.2) is 0 Å². The predicted octanol–water partition coefficient (Wildman–Crippen LogP) is 1.21. The van der Waals surface area contributed by atoms with Crippen LogP contribution in [0.15, 0.2) is 32.7 Å². The number of primary amides is 1. The zero-order chi connectivity index (χ0) is 12.4. The third-order valence-electron chi connectivity index (χ3n) is 2.00. The molecule has 17 heavy (non-hydrogen) atoms. The van der Waals surface area contributed by atoms with E-state index >= 15 is 0 Å². The van der Waals surface area contributed by atoms with E-state index in [4.69, 9.17) is 15.9 Å². The molecule has 0 atom stereocenters. The number of hydrogen-bond donors (Lipinski definition) is 2. The van der Waals surface area contributed by atoms with Gasteiger partial charge in [0.15, 0.2) is 0 Å². The molecule has 4 N–H and O–H groups in total. The third-order valence-corrected chi connectivity index (χ3v) is 2.92. The standard InChI is InChI=1S/C10H10N4O2S/c1-5-13-14-10(16-5)17-8-4-6(9(12)15)2-3-7(8)11/h2-4H,11H2,1H3,(H2,12,15). The number of rotatable bonds is 3. The summed E-state index contributed by atoms with van der Waals surface area (Å²) < 4.78 is 5.21. The van der Waals surface area contributed by atoms with E-state index in [1.807, 2.05) is 0 Å². The van der Waals surface area contributed by atoms with Crippen molar-refractivity contribution in [3.63, 3.8) is 0 Å². The number of aromatic nitrogens is 2. The largest absolute Gasteiger partial charge is 0.416 e. The maximum Gasteiger partial charge on any atom is 0.281 e. The summed E-state index contributed by atoms with van der Waals surface area (Å²) in [5, 5.41) is 7.90. The summed E-state index contributed by atoms with van der Waals surface area (Å²) in [5.74, 6) is -0.0364. The molecular formula is C10H10N4O2S. The number of carbonyl (C=O) groups is 1. The van der Waals surface area contributed by atoms with Crippen LogP contribution in [0.1, 0.15) is 16.2 Å². The fourth-order valence-electron chi connectivity index (χ4n) is 1.19. The van der Waals surface area contributed by atoms with Crippen LogP contribution in [0.5, 0.6) is 0 Å². The van der Waals surface area contributed by atoms with Crippen molar-refractivity contribution in [2.45, 2.75) is 17.0 Å². The van der Waals surface area contributed by atoms with Gasteiger partial charge >= 0.3 is 0 Å². The van der Waals surface area contributed by atoms with Gasteiger partial charge < -0.3 is 15.9 Å². The first-order valence-electron chi connectivity index (χ1n) is 4.73. The molecule has 0 radical (unpaired) electrons. The number of nitrogen functional groups attached to an aromatic ring is 1. The van der Waals surface area contributed by atoms with Crippen LogP contribution in [-0.4, -0.2) is 16.1 Å². The highest BCUT2D eigenvalue weighted by molar-refractivity contribution is 7.99. The van der Waals surface area contributed by atoms with Gasteiger partial charge in [0.1, 0.15) is 0 Å². The highest BCUT2D eigenvalue weighted by atomic mass is 32.2. The molecule has 1 aromatic heterocycles. The van der Waals surface area contributed by atoms with Crippen molar-refractivity contribution in [1.82, 2.24) is 10.2 Å². The molecule has 0 bridgehead atoms. The highest BCUT2D eigenvalue weighted by Crippen LogP contribution is 2.31. The molecule has 0 unspecified atom stereocenters.